The summed E-state index contributed by atoms with van der Waals surface area (Å²) in [5, 5.41) is 6.21. The first-order valence-corrected chi connectivity index (χ1v) is 10.0. The molecule has 162 valence electrons. The molecule has 1 aliphatic heterocycles. The summed E-state index contributed by atoms with van der Waals surface area (Å²) in [5.74, 6) is 1.25. The smallest absolute Gasteiger partial charge is 0.252 e. The number of hydrogen-bond donors (Lipinski definition) is 2. The van der Waals surface area contributed by atoms with E-state index in [0.717, 1.165) is 32.1 Å². The van der Waals surface area contributed by atoms with Crippen molar-refractivity contribution in [3.63, 3.8) is 0 Å². The van der Waals surface area contributed by atoms with Crippen molar-refractivity contribution >= 4 is 35.8 Å². The average Bonchev–Trinajstić information content (AvgIpc) is 3.23. The van der Waals surface area contributed by atoms with Crippen LogP contribution in [0.4, 0.5) is 0 Å². The highest BCUT2D eigenvalue weighted by molar-refractivity contribution is 14.0. The number of halogens is 1. The van der Waals surface area contributed by atoms with Crippen molar-refractivity contribution in [3.8, 4) is 0 Å². The molecule has 7 nitrogen and oxygen atoms in total. The predicted octanol–water partition coefficient (Wildman–Crippen LogP) is 2.54. The molecule has 1 saturated heterocycles. The fraction of sp³-hybridized carbons (Fsp3) is 0.409. The molecule has 2 aromatic rings. The Hall–Kier alpha value is -2.20. The summed E-state index contributed by atoms with van der Waals surface area (Å²) in [6, 6.07) is 13.7. The van der Waals surface area contributed by atoms with Crippen LogP contribution in [0.5, 0.6) is 0 Å². The lowest BCUT2D eigenvalue weighted by molar-refractivity contribution is 0.0906. The normalized spacial score (nSPS) is 16.1. The van der Waals surface area contributed by atoms with Gasteiger partial charge < -0.3 is 20.3 Å². The number of amides is 1. The number of likely N-dealkylation sites (tertiary alicyclic amines) is 1. The average molecular weight is 523 g/mol. The summed E-state index contributed by atoms with van der Waals surface area (Å²) in [7, 11) is 1.79. The second-order valence-corrected chi connectivity index (χ2v) is 7.07. The van der Waals surface area contributed by atoms with Crippen molar-refractivity contribution in [1.29, 1.82) is 0 Å². The molecular weight excluding hydrogens is 493 g/mol. The molecule has 8 heteroatoms. The topological polar surface area (TPSA) is 78.8 Å². The van der Waals surface area contributed by atoms with Gasteiger partial charge in [0.15, 0.2) is 5.96 Å². The first kappa shape index (κ1) is 24.1. The Morgan fingerprint density at radius 1 is 1.20 bits per heavy atom. The number of carbonyl (C=O) groups is 1. The minimum Gasteiger partial charge on any atom is -0.376 e. The van der Waals surface area contributed by atoms with E-state index in [2.05, 4.69) is 37.6 Å². The largest absolute Gasteiger partial charge is 0.376 e. The number of nitrogens with zero attached hydrogens (tertiary/aromatic N) is 3. The van der Waals surface area contributed by atoms with Gasteiger partial charge in [0, 0.05) is 51.5 Å². The quantitative estimate of drug-likeness (QED) is 0.241. The number of benzene rings is 1. The monoisotopic (exact) mass is 523 g/mol. The number of carbonyl (C=O) groups excluding carboxylic acids is 1. The molecule has 1 fully saturated rings. The van der Waals surface area contributed by atoms with Crippen LogP contribution in [-0.4, -0.2) is 61.6 Å². The second kappa shape index (κ2) is 13.2. The van der Waals surface area contributed by atoms with Crippen molar-refractivity contribution in [2.45, 2.75) is 13.0 Å². The van der Waals surface area contributed by atoms with Crippen LogP contribution in [0.3, 0.4) is 0 Å². The van der Waals surface area contributed by atoms with E-state index in [0.29, 0.717) is 31.2 Å². The zero-order chi connectivity index (χ0) is 20.3. The Morgan fingerprint density at radius 3 is 2.73 bits per heavy atom. The molecule has 1 amide bonds. The van der Waals surface area contributed by atoms with Crippen molar-refractivity contribution in [1.82, 2.24) is 20.5 Å². The van der Waals surface area contributed by atoms with Crippen LogP contribution >= 0.6 is 24.0 Å². The second-order valence-electron chi connectivity index (χ2n) is 7.07. The lowest BCUT2D eigenvalue weighted by atomic mass is 10.1. The maximum Gasteiger partial charge on any atom is 0.252 e. The first-order valence-electron chi connectivity index (χ1n) is 10.0. The van der Waals surface area contributed by atoms with Gasteiger partial charge in [-0.05, 0) is 24.1 Å². The Balaban J connectivity index is 0.00000320. The standard InChI is InChI=1S/C22H29N5O2.HI/c1-23-22(26-12-11-25-21(28)20-8-5-10-24-14-20)27-13-9-19(15-27)17-29-16-18-6-3-2-4-7-18;/h2-8,10,14,19H,9,11-13,15-17H2,1H3,(H,23,26)(H,25,28);1H. The van der Waals surface area contributed by atoms with Crippen molar-refractivity contribution in [2.24, 2.45) is 10.9 Å². The molecule has 1 aromatic carbocycles. The van der Waals surface area contributed by atoms with E-state index in [1.165, 1.54) is 5.56 Å². The summed E-state index contributed by atoms with van der Waals surface area (Å²) in [6.45, 7) is 4.43. The fourth-order valence-corrected chi connectivity index (χ4v) is 3.36. The number of nitrogens with one attached hydrogen (secondary N) is 2. The number of hydrogen-bond acceptors (Lipinski definition) is 4. The number of guanidine groups is 1. The predicted molar refractivity (Wildman–Crippen MR) is 129 cm³/mol. The maximum absolute atomic E-state index is 12.0. The number of aliphatic imine (C=N–C) groups is 1. The summed E-state index contributed by atoms with van der Waals surface area (Å²) >= 11 is 0. The molecule has 30 heavy (non-hydrogen) atoms. The minimum atomic E-state index is -0.119. The summed E-state index contributed by atoms with van der Waals surface area (Å²) in [6.07, 6.45) is 4.30. The zero-order valence-electron chi connectivity index (χ0n) is 17.3. The van der Waals surface area contributed by atoms with Crippen molar-refractivity contribution in [2.75, 3.05) is 39.8 Å². The lowest BCUT2D eigenvalue weighted by Crippen LogP contribution is -2.43. The highest BCUT2D eigenvalue weighted by atomic mass is 127. The van der Waals surface area contributed by atoms with Gasteiger partial charge in [0.1, 0.15) is 0 Å². The number of rotatable bonds is 8. The number of pyridine rings is 1. The van der Waals surface area contributed by atoms with Gasteiger partial charge >= 0.3 is 0 Å². The highest BCUT2D eigenvalue weighted by Crippen LogP contribution is 2.17. The fourth-order valence-electron chi connectivity index (χ4n) is 3.36. The Kier molecular flexibility index (Phi) is 10.6. The highest BCUT2D eigenvalue weighted by Gasteiger charge is 2.24. The molecule has 3 rings (SSSR count). The molecule has 0 radical (unpaired) electrons. The number of ether oxygens (including phenoxy) is 1. The van der Waals surface area contributed by atoms with Gasteiger partial charge in [0.05, 0.1) is 18.8 Å². The molecule has 2 heterocycles. The Labute approximate surface area is 195 Å². The first-order chi connectivity index (χ1) is 14.3. The van der Waals surface area contributed by atoms with E-state index in [-0.39, 0.29) is 29.9 Å². The van der Waals surface area contributed by atoms with E-state index in [4.69, 9.17) is 4.74 Å². The molecule has 1 aromatic heterocycles. The Bertz CT molecular complexity index is 789. The molecule has 2 N–H and O–H groups in total. The van der Waals surface area contributed by atoms with E-state index in [1.807, 2.05) is 18.2 Å². The molecule has 0 spiro atoms. The molecular formula is C22H30IN5O2. The third-order valence-corrected chi connectivity index (χ3v) is 4.88. The molecule has 0 aliphatic carbocycles. The van der Waals surface area contributed by atoms with Gasteiger partial charge in [-0.2, -0.15) is 0 Å². The van der Waals surface area contributed by atoms with Crippen LogP contribution in [0, 0.1) is 5.92 Å². The molecule has 0 saturated carbocycles. The SMILES string of the molecule is CN=C(NCCNC(=O)c1cccnc1)N1CCC(COCc2ccccc2)C1.I. The molecule has 0 bridgehead atoms. The van der Waals surface area contributed by atoms with Crippen LogP contribution in [-0.2, 0) is 11.3 Å². The van der Waals surface area contributed by atoms with Gasteiger partial charge in [-0.15, -0.1) is 24.0 Å². The zero-order valence-corrected chi connectivity index (χ0v) is 19.6. The molecule has 1 atom stereocenters. The van der Waals surface area contributed by atoms with Gasteiger partial charge in [-0.1, -0.05) is 30.3 Å². The lowest BCUT2D eigenvalue weighted by Gasteiger charge is -2.22. The van der Waals surface area contributed by atoms with Crippen molar-refractivity contribution in [3.05, 3.63) is 66.0 Å². The van der Waals surface area contributed by atoms with Crippen molar-refractivity contribution < 1.29 is 9.53 Å². The maximum atomic E-state index is 12.0. The van der Waals surface area contributed by atoms with Crippen LogP contribution in [0.25, 0.3) is 0 Å². The summed E-state index contributed by atoms with van der Waals surface area (Å²) < 4.78 is 5.89. The Morgan fingerprint density at radius 2 is 2.00 bits per heavy atom. The van der Waals surface area contributed by atoms with E-state index < -0.39 is 0 Å². The van der Waals surface area contributed by atoms with Crippen LogP contribution in [0.1, 0.15) is 22.3 Å². The van der Waals surface area contributed by atoms with Crippen LogP contribution in [0.2, 0.25) is 0 Å². The van der Waals surface area contributed by atoms with Gasteiger partial charge in [0.25, 0.3) is 5.91 Å². The van der Waals surface area contributed by atoms with Gasteiger partial charge in [0.2, 0.25) is 0 Å². The van der Waals surface area contributed by atoms with Gasteiger partial charge in [-0.3, -0.25) is 14.8 Å². The van der Waals surface area contributed by atoms with Gasteiger partial charge in [-0.25, -0.2) is 0 Å². The molecule has 1 aliphatic rings. The summed E-state index contributed by atoms with van der Waals surface area (Å²) in [4.78, 5) is 22.6. The third kappa shape index (κ3) is 7.56. The summed E-state index contributed by atoms with van der Waals surface area (Å²) in [5.41, 5.74) is 1.77. The number of aromatic nitrogens is 1. The van der Waals surface area contributed by atoms with Crippen LogP contribution in [0.15, 0.2) is 59.9 Å². The van der Waals surface area contributed by atoms with E-state index >= 15 is 0 Å². The minimum absolute atomic E-state index is 0. The molecule has 1 unspecified atom stereocenters. The third-order valence-electron chi connectivity index (χ3n) is 4.88. The van der Waals surface area contributed by atoms with Crippen LogP contribution < -0.4 is 10.6 Å². The van der Waals surface area contributed by atoms with E-state index in [9.17, 15) is 4.79 Å². The van der Waals surface area contributed by atoms with E-state index in [1.54, 1.807) is 31.6 Å².